The standard InChI is InChI=1S/C28H28F2O3S/c1-18-7-8-21(14-19(18)2)27(31)26(22-15-23(29)17-24(30)16-22)6-4-5-13-34-25-11-9-20(10-12-25)28(32)33-3/h7-12,14-17,26H,4-6,13H2,1-3H3. The third kappa shape index (κ3) is 6.76. The fraction of sp³-hybridized carbons (Fsp3) is 0.286. The average Bonchev–Trinajstić information content (AvgIpc) is 2.82. The number of ether oxygens (including phenoxy) is 1. The number of unbranched alkanes of at least 4 members (excludes halogenated alkanes) is 1. The molecule has 6 heteroatoms. The van der Waals surface area contributed by atoms with Crippen LogP contribution in [0.3, 0.4) is 0 Å². The van der Waals surface area contributed by atoms with Gasteiger partial charge in [-0.1, -0.05) is 18.6 Å². The van der Waals surface area contributed by atoms with Crippen LogP contribution in [0.1, 0.15) is 62.6 Å². The van der Waals surface area contributed by atoms with Gasteiger partial charge in [0, 0.05) is 22.4 Å². The lowest BCUT2D eigenvalue weighted by Gasteiger charge is -2.17. The van der Waals surface area contributed by atoms with Gasteiger partial charge in [-0.2, -0.15) is 0 Å². The summed E-state index contributed by atoms with van der Waals surface area (Å²) in [6.07, 6.45) is 2.06. The fourth-order valence-corrected chi connectivity index (χ4v) is 4.68. The van der Waals surface area contributed by atoms with E-state index in [1.807, 2.05) is 38.1 Å². The van der Waals surface area contributed by atoms with Crippen molar-refractivity contribution in [1.29, 1.82) is 0 Å². The molecule has 0 aromatic heterocycles. The van der Waals surface area contributed by atoms with Gasteiger partial charge in [-0.3, -0.25) is 4.79 Å². The van der Waals surface area contributed by atoms with Gasteiger partial charge in [0.2, 0.25) is 0 Å². The quantitative estimate of drug-likeness (QED) is 0.132. The summed E-state index contributed by atoms with van der Waals surface area (Å²) < 4.78 is 32.5. The van der Waals surface area contributed by atoms with Crippen LogP contribution in [0.25, 0.3) is 0 Å². The van der Waals surface area contributed by atoms with Crippen molar-refractivity contribution in [3.8, 4) is 0 Å². The lowest BCUT2D eigenvalue weighted by molar-refractivity contribution is 0.0600. The Morgan fingerprint density at radius 3 is 2.12 bits per heavy atom. The summed E-state index contributed by atoms with van der Waals surface area (Å²) in [7, 11) is 1.35. The first-order valence-corrected chi connectivity index (χ1v) is 12.2. The molecule has 0 amide bonds. The summed E-state index contributed by atoms with van der Waals surface area (Å²) in [6, 6.07) is 16.0. The molecule has 0 saturated carbocycles. The van der Waals surface area contributed by atoms with Crippen LogP contribution in [-0.4, -0.2) is 24.6 Å². The fourth-order valence-electron chi connectivity index (χ4n) is 3.77. The van der Waals surface area contributed by atoms with Crippen molar-refractivity contribution < 1.29 is 23.1 Å². The van der Waals surface area contributed by atoms with Gasteiger partial charge in [0.15, 0.2) is 5.78 Å². The number of halogens is 2. The van der Waals surface area contributed by atoms with Crippen LogP contribution in [-0.2, 0) is 4.74 Å². The van der Waals surface area contributed by atoms with Crippen molar-refractivity contribution in [2.24, 2.45) is 0 Å². The minimum Gasteiger partial charge on any atom is -0.465 e. The number of Topliss-reactive ketones (excluding diaryl/α,β-unsaturated/α-hetero) is 1. The van der Waals surface area contributed by atoms with Crippen LogP contribution in [0.15, 0.2) is 65.6 Å². The van der Waals surface area contributed by atoms with Gasteiger partial charge >= 0.3 is 5.97 Å². The highest BCUT2D eigenvalue weighted by Crippen LogP contribution is 2.29. The second-order valence-electron chi connectivity index (χ2n) is 8.28. The highest BCUT2D eigenvalue weighted by molar-refractivity contribution is 7.99. The lowest BCUT2D eigenvalue weighted by atomic mass is 9.86. The highest BCUT2D eigenvalue weighted by atomic mass is 32.2. The molecule has 0 heterocycles. The topological polar surface area (TPSA) is 43.4 Å². The smallest absolute Gasteiger partial charge is 0.337 e. The number of ketones is 1. The number of methoxy groups -OCH3 is 1. The average molecular weight is 483 g/mol. The minimum absolute atomic E-state index is 0.126. The molecule has 178 valence electrons. The van der Waals surface area contributed by atoms with E-state index < -0.39 is 17.6 Å². The van der Waals surface area contributed by atoms with Crippen molar-refractivity contribution in [2.45, 2.75) is 43.9 Å². The number of aryl methyl sites for hydroxylation is 2. The van der Waals surface area contributed by atoms with E-state index in [4.69, 9.17) is 4.74 Å². The van der Waals surface area contributed by atoms with E-state index in [1.165, 1.54) is 19.2 Å². The minimum atomic E-state index is -0.682. The predicted molar refractivity (Wildman–Crippen MR) is 132 cm³/mol. The molecule has 3 aromatic carbocycles. The van der Waals surface area contributed by atoms with Gasteiger partial charge in [-0.05, 0) is 91.6 Å². The third-order valence-electron chi connectivity index (χ3n) is 5.83. The number of carbonyl (C=O) groups excluding carboxylic acids is 2. The summed E-state index contributed by atoms with van der Waals surface area (Å²) in [4.78, 5) is 25.9. The van der Waals surface area contributed by atoms with Gasteiger partial charge in [-0.25, -0.2) is 13.6 Å². The molecule has 1 atom stereocenters. The molecule has 0 aliphatic heterocycles. The van der Waals surface area contributed by atoms with Crippen LogP contribution in [0.2, 0.25) is 0 Å². The summed E-state index contributed by atoms with van der Waals surface area (Å²) in [5.41, 5.74) is 3.51. The van der Waals surface area contributed by atoms with E-state index in [1.54, 1.807) is 30.0 Å². The zero-order valence-corrected chi connectivity index (χ0v) is 20.4. The molecule has 1 unspecified atom stereocenters. The van der Waals surface area contributed by atoms with E-state index in [2.05, 4.69) is 0 Å². The van der Waals surface area contributed by atoms with Crippen molar-refractivity contribution in [3.05, 3.63) is 100 Å². The summed E-state index contributed by atoms with van der Waals surface area (Å²) in [5.74, 6) is -1.65. The van der Waals surface area contributed by atoms with E-state index in [0.717, 1.165) is 40.7 Å². The summed E-state index contributed by atoms with van der Waals surface area (Å²) in [5, 5.41) is 0. The first kappa shape index (κ1) is 25.6. The Balaban J connectivity index is 1.65. The molecule has 3 aromatic rings. The van der Waals surface area contributed by atoms with Crippen LogP contribution >= 0.6 is 11.8 Å². The largest absolute Gasteiger partial charge is 0.465 e. The van der Waals surface area contributed by atoms with E-state index in [0.29, 0.717) is 23.1 Å². The zero-order valence-electron chi connectivity index (χ0n) is 19.6. The summed E-state index contributed by atoms with van der Waals surface area (Å²) in [6.45, 7) is 3.92. The number of esters is 1. The van der Waals surface area contributed by atoms with Gasteiger partial charge < -0.3 is 4.74 Å². The highest BCUT2D eigenvalue weighted by Gasteiger charge is 2.23. The molecule has 0 N–H and O–H groups in total. The SMILES string of the molecule is COC(=O)c1ccc(SCCCCC(C(=O)c2ccc(C)c(C)c2)c2cc(F)cc(F)c2)cc1. The predicted octanol–water partition coefficient (Wildman–Crippen LogP) is 7.30. The second-order valence-corrected chi connectivity index (χ2v) is 9.45. The van der Waals surface area contributed by atoms with Crippen molar-refractivity contribution in [2.75, 3.05) is 12.9 Å². The number of hydrogen-bond acceptors (Lipinski definition) is 4. The van der Waals surface area contributed by atoms with Crippen LogP contribution < -0.4 is 0 Å². The van der Waals surface area contributed by atoms with Crippen LogP contribution in [0.5, 0.6) is 0 Å². The Hall–Kier alpha value is -2.99. The maximum absolute atomic E-state index is 13.9. The van der Waals surface area contributed by atoms with Crippen molar-refractivity contribution >= 4 is 23.5 Å². The molecular weight excluding hydrogens is 454 g/mol. The van der Waals surface area contributed by atoms with E-state index in [9.17, 15) is 18.4 Å². The molecule has 0 radical (unpaired) electrons. The van der Waals surface area contributed by atoms with Gasteiger partial charge in [0.05, 0.1) is 12.7 Å². The Morgan fingerprint density at radius 2 is 1.50 bits per heavy atom. The van der Waals surface area contributed by atoms with E-state index in [-0.39, 0.29) is 11.8 Å². The molecule has 0 spiro atoms. The molecule has 3 nitrogen and oxygen atoms in total. The second kappa shape index (κ2) is 11.9. The molecule has 0 aliphatic rings. The van der Waals surface area contributed by atoms with Crippen LogP contribution in [0, 0.1) is 25.5 Å². The molecule has 0 bridgehead atoms. The van der Waals surface area contributed by atoms with Gasteiger partial charge in [0.25, 0.3) is 0 Å². The summed E-state index contributed by atoms with van der Waals surface area (Å²) >= 11 is 1.65. The molecule has 34 heavy (non-hydrogen) atoms. The zero-order chi connectivity index (χ0) is 24.7. The number of thioether (sulfide) groups is 1. The Morgan fingerprint density at radius 1 is 0.853 bits per heavy atom. The molecule has 0 aliphatic carbocycles. The van der Waals surface area contributed by atoms with Crippen molar-refractivity contribution in [1.82, 2.24) is 0 Å². The third-order valence-corrected chi connectivity index (χ3v) is 6.92. The first-order valence-electron chi connectivity index (χ1n) is 11.2. The normalized spacial score (nSPS) is 11.8. The molecule has 0 saturated heterocycles. The molecule has 0 fully saturated rings. The van der Waals surface area contributed by atoms with Gasteiger partial charge in [-0.15, -0.1) is 11.8 Å². The van der Waals surface area contributed by atoms with Crippen molar-refractivity contribution in [3.63, 3.8) is 0 Å². The number of hydrogen-bond donors (Lipinski definition) is 0. The molecular formula is C28H28F2O3S. The first-order chi connectivity index (χ1) is 16.3. The lowest BCUT2D eigenvalue weighted by Crippen LogP contribution is -2.14. The Labute approximate surface area is 203 Å². The number of benzene rings is 3. The number of carbonyl (C=O) groups is 2. The Kier molecular flexibility index (Phi) is 8.99. The monoisotopic (exact) mass is 482 g/mol. The molecule has 3 rings (SSSR count). The van der Waals surface area contributed by atoms with Crippen LogP contribution in [0.4, 0.5) is 8.78 Å². The Bertz CT molecular complexity index is 1140. The maximum atomic E-state index is 13.9. The number of rotatable bonds is 10. The maximum Gasteiger partial charge on any atom is 0.337 e. The van der Waals surface area contributed by atoms with E-state index >= 15 is 0 Å². The van der Waals surface area contributed by atoms with Gasteiger partial charge in [0.1, 0.15) is 11.6 Å².